The van der Waals surface area contributed by atoms with Crippen LogP contribution in [0.15, 0.2) is 18.2 Å². The average Bonchev–Trinajstić information content (AvgIpc) is 2.05. The highest BCUT2D eigenvalue weighted by Crippen LogP contribution is 2.23. The van der Waals surface area contributed by atoms with Crippen LogP contribution in [0.3, 0.4) is 0 Å². The zero-order chi connectivity index (χ0) is 11.5. The molecule has 0 fully saturated rings. The van der Waals surface area contributed by atoms with Gasteiger partial charge in [0.05, 0.1) is 0 Å². The van der Waals surface area contributed by atoms with Crippen molar-refractivity contribution in [1.82, 2.24) is 0 Å². The van der Waals surface area contributed by atoms with E-state index in [0.717, 1.165) is 6.07 Å². The highest BCUT2D eigenvalue weighted by Gasteiger charge is 2.31. The summed E-state index contributed by atoms with van der Waals surface area (Å²) >= 11 is 0. The molecular weight excluding hydrogens is 211 g/mol. The maximum absolute atomic E-state index is 11.7. The Morgan fingerprint density at radius 1 is 1.47 bits per heavy atom. The van der Waals surface area contributed by atoms with E-state index in [1.54, 1.807) is 0 Å². The number of rotatable bonds is 2. The van der Waals surface area contributed by atoms with Crippen molar-refractivity contribution >= 4 is 11.6 Å². The van der Waals surface area contributed by atoms with E-state index in [-0.39, 0.29) is 5.91 Å². The Balaban J connectivity index is 2.68. The minimum Gasteiger partial charge on any atom is -0.405 e. The summed E-state index contributed by atoms with van der Waals surface area (Å²) < 4.78 is 38.8. The molecule has 1 amide bonds. The maximum Gasteiger partial charge on any atom is 0.573 e. The number of carbonyl (C=O) groups excluding carboxylic acids is 1. The zero-order valence-electron chi connectivity index (χ0n) is 7.68. The number of ether oxygens (including phenoxy) is 1. The molecule has 0 saturated heterocycles. The molecule has 0 bridgehead atoms. The standard InChI is InChI=1S/C9H7F3NO2/c1-6(14)13-7-2-4-8(5-3-7)15-9(10,11)12/h2-4H,1H3,(H,13,14). The van der Waals surface area contributed by atoms with Gasteiger partial charge in [0.15, 0.2) is 0 Å². The third-order valence-corrected chi connectivity index (χ3v) is 1.33. The second-order valence-corrected chi connectivity index (χ2v) is 2.67. The summed E-state index contributed by atoms with van der Waals surface area (Å²) in [5.74, 6) is -0.760. The molecule has 15 heavy (non-hydrogen) atoms. The molecule has 0 spiro atoms. The molecule has 1 N–H and O–H groups in total. The summed E-state index contributed by atoms with van der Waals surface area (Å²) in [5, 5.41) is 2.39. The monoisotopic (exact) mass is 218 g/mol. The molecule has 1 rings (SSSR count). The van der Waals surface area contributed by atoms with Crippen LogP contribution in [-0.2, 0) is 4.79 Å². The maximum atomic E-state index is 11.7. The van der Waals surface area contributed by atoms with Crippen molar-refractivity contribution in [3.05, 3.63) is 24.3 Å². The highest BCUT2D eigenvalue weighted by molar-refractivity contribution is 5.88. The van der Waals surface area contributed by atoms with Crippen LogP contribution in [0, 0.1) is 6.07 Å². The van der Waals surface area contributed by atoms with Crippen LogP contribution in [0.5, 0.6) is 5.75 Å². The van der Waals surface area contributed by atoms with Gasteiger partial charge in [0.25, 0.3) is 0 Å². The lowest BCUT2D eigenvalue weighted by Gasteiger charge is -2.08. The summed E-state index contributed by atoms with van der Waals surface area (Å²) in [4.78, 5) is 10.6. The number of halogens is 3. The van der Waals surface area contributed by atoms with Crippen LogP contribution >= 0.6 is 0 Å². The number of alkyl halides is 3. The number of anilines is 1. The van der Waals surface area contributed by atoms with Crippen molar-refractivity contribution in [3.8, 4) is 5.75 Å². The smallest absolute Gasteiger partial charge is 0.405 e. The molecule has 0 saturated carbocycles. The Labute approximate surface area is 83.8 Å². The van der Waals surface area contributed by atoms with Crippen LogP contribution < -0.4 is 10.1 Å². The fourth-order valence-corrected chi connectivity index (χ4v) is 0.880. The Bertz CT molecular complexity index is 345. The number of hydrogen-bond acceptors (Lipinski definition) is 2. The van der Waals surface area contributed by atoms with E-state index in [1.165, 1.54) is 19.1 Å². The third-order valence-electron chi connectivity index (χ3n) is 1.33. The molecule has 0 atom stereocenters. The molecule has 1 aromatic carbocycles. The summed E-state index contributed by atoms with van der Waals surface area (Å²) in [6.45, 7) is 1.29. The zero-order valence-corrected chi connectivity index (χ0v) is 7.68. The topological polar surface area (TPSA) is 38.3 Å². The summed E-state index contributed by atoms with van der Waals surface area (Å²) in [6.07, 6.45) is -4.73. The van der Waals surface area contributed by atoms with Gasteiger partial charge in [0.1, 0.15) is 5.75 Å². The highest BCUT2D eigenvalue weighted by atomic mass is 19.4. The Morgan fingerprint density at radius 3 is 2.53 bits per heavy atom. The molecule has 3 nitrogen and oxygen atoms in total. The van der Waals surface area contributed by atoms with Crippen molar-refractivity contribution in [2.45, 2.75) is 13.3 Å². The van der Waals surface area contributed by atoms with Crippen LogP contribution in [0.4, 0.5) is 18.9 Å². The first-order valence-corrected chi connectivity index (χ1v) is 3.92. The molecule has 1 aromatic rings. The van der Waals surface area contributed by atoms with Crippen molar-refractivity contribution in [2.75, 3.05) is 5.32 Å². The Morgan fingerprint density at radius 2 is 2.13 bits per heavy atom. The van der Waals surface area contributed by atoms with Crippen LogP contribution in [0.2, 0.25) is 0 Å². The minimum absolute atomic E-state index is 0.312. The van der Waals surface area contributed by atoms with E-state index in [4.69, 9.17) is 0 Å². The number of hydrogen-bond donors (Lipinski definition) is 1. The fourth-order valence-electron chi connectivity index (χ4n) is 0.880. The van der Waals surface area contributed by atoms with Gasteiger partial charge in [-0.25, -0.2) is 0 Å². The fraction of sp³-hybridized carbons (Fsp3) is 0.222. The van der Waals surface area contributed by atoms with Gasteiger partial charge in [0.2, 0.25) is 5.91 Å². The van der Waals surface area contributed by atoms with Gasteiger partial charge < -0.3 is 10.1 Å². The van der Waals surface area contributed by atoms with E-state index in [2.05, 4.69) is 16.1 Å². The molecule has 0 aliphatic heterocycles. The molecule has 6 heteroatoms. The number of carbonyl (C=O) groups is 1. The van der Waals surface area contributed by atoms with Gasteiger partial charge in [-0.2, -0.15) is 0 Å². The SMILES string of the molecule is CC(=O)Nc1c[c]c(OC(F)(F)F)cc1. The van der Waals surface area contributed by atoms with Crippen molar-refractivity contribution < 1.29 is 22.7 Å². The van der Waals surface area contributed by atoms with E-state index >= 15 is 0 Å². The molecule has 0 aliphatic carbocycles. The molecule has 0 heterocycles. The van der Waals surface area contributed by atoms with Crippen LogP contribution in [-0.4, -0.2) is 12.3 Å². The predicted octanol–water partition coefficient (Wildman–Crippen LogP) is 2.34. The van der Waals surface area contributed by atoms with E-state index < -0.39 is 12.1 Å². The first-order valence-electron chi connectivity index (χ1n) is 3.92. The van der Waals surface area contributed by atoms with Crippen molar-refractivity contribution in [3.63, 3.8) is 0 Å². The molecule has 0 aliphatic rings. The van der Waals surface area contributed by atoms with Gasteiger partial charge >= 0.3 is 6.36 Å². The van der Waals surface area contributed by atoms with Crippen molar-refractivity contribution in [2.24, 2.45) is 0 Å². The number of nitrogens with one attached hydrogen (secondary N) is 1. The van der Waals surface area contributed by atoms with Crippen LogP contribution in [0.1, 0.15) is 6.92 Å². The molecule has 81 valence electrons. The average molecular weight is 218 g/mol. The predicted molar refractivity (Wildman–Crippen MR) is 46.3 cm³/mol. The van der Waals surface area contributed by atoms with Gasteiger partial charge in [-0.3, -0.25) is 4.79 Å². The van der Waals surface area contributed by atoms with E-state index in [9.17, 15) is 18.0 Å². The second-order valence-electron chi connectivity index (χ2n) is 2.67. The second kappa shape index (κ2) is 4.20. The van der Waals surface area contributed by atoms with Gasteiger partial charge in [-0.1, -0.05) is 0 Å². The van der Waals surface area contributed by atoms with Gasteiger partial charge in [-0.05, 0) is 18.2 Å². The lowest BCUT2D eigenvalue weighted by molar-refractivity contribution is -0.274. The Hall–Kier alpha value is -1.72. The lowest BCUT2D eigenvalue weighted by atomic mass is 10.3. The Kier molecular flexibility index (Phi) is 3.18. The van der Waals surface area contributed by atoms with E-state index in [0.29, 0.717) is 5.69 Å². The first-order chi connectivity index (χ1) is 6.87. The van der Waals surface area contributed by atoms with Gasteiger partial charge in [-0.15, -0.1) is 13.2 Å². The molecule has 0 unspecified atom stereocenters. The number of benzene rings is 1. The lowest BCUT2D eigenvalue weighted by Crippen LogP contribution is -2.17. The minimum atomic E-state index is -4.73. The third kappa shape index (κ3) is 4.35. The van der Waals surface area contributed by atoms with Gasteiger partial charge in [0, 0.05) is 18.7 Å². The van der Waals surface area contributed by atoms with Crippen LogP contribution in [0.25, 0.3) is 0 Å². The molecule has 1 radical (unpaired) electrons. The normalized spacial score (nSPS) is 10.9. The quantitative estimate of drug-likeness (QED) is 0.827. The first kappa shape index (κ1) is 11.4. The van der Waals surface area contributed by atoms with E-state index in [1.807, 2.05) is 0 Å². The molecule has 0 aromatic heterocycles. The summed E-state index contributed by atoms with van der Waals surface area (Å²) in [6, 6.07) is 5.80. The summed E-state index contributed by atoms with van der Waals surface area (Å²) in [5.41, 5.74) is 0.358. The number of amides is 1. The van der Waals surface area contributed by atoms with Crippen molar-refractivity contribution in [1.29, 1.82) is 0 Å². The largest absolute Gasteiger partial charge is 0.573 e. The molecular formula is C9H7F3NO2. The summed E-state index contributed by atoms with van der Waals surface area (Å²) in [7, 11) is 0.